The molecule has 162 valence electrons. The Bertz CT molecular complexity index is 1070. The highest BCUT2D eigenvalue weighted by molar-refractivity contribution is 6.30. The van der Waals surface area contributed by atoms with Crippen LogP contribution in [0.4, 0.5) is 18.9 Å². The van der Waals surface area contributed by atoms with E-state index in [9.17, 15) is 22.8 Å². The van der Waals surface area contributed by atoms with Gasteiger partial charge < -0.3 is 15.0 Å². The first kappa shape index (κ1) is 22.2. The standard InChI is InChI=1S/C20H16ClF3N4O3/c1-28(11-17(29)26-14-6-8-15(9-7-14)31-20(22,23)24)19(30)16-10-25-27-18(16)12-2-4-13(21)5-3-12/h2-10H,11H2,1H3,(H,25,27)(H,26,29). The van der Waals surface area contributed by atoms with Gasteiger partial charge in [0.15, 0.2) is 0 Å². The number of nitrogens with zero attached hydrogens (tertiary/aromatic N) is 2. The van der Waals surface area contributed by atoms with Crippen molar-refractivity contribution in [2.75, 3.05) is 18.9 Å². The van der Waals surface area contributed by atoms with Gasteiger partial charge in [0.2, 0.25) is 5.91 Å². The van der Waals surface area contributed by atoms with Crippen LogP contribution in [0.5, 0.6) is 5.75 Å². The molecule has 0 radical (unpaired) electrons. The molecular formula is C20H16ClF3N4O3. The number of likely N-dealkylation sites (N-methyl/N-ethyl adjacent to an activating group) is 1. The fourth-order valence-electron chi connectivity index (χ4n) is 2.72. The van der Waals surface area contributed by atoms with Crippen molar-refractivity contribution in [3.63, 3.8) is 0 Å². The molecule has 0 fully saturated rings. The van der Waals surface area contributed by atoms with E-state index in [0.29, 0.717) is 16.3 Å². The molecule has 11 heteroatoms. The molecule has 0 unspecified atom stereocenters. The quantitative estimate of drug-likeness (QED) is 0.582. The molecule has 2 N–H and O–H groups in total. The number of alkyl halides is 3. The van der Waals surface area contributed by atoms with E-state index >= 15 is 0 Å². The molecule has 0 saturated carbocycles. The topological polar surface area (TPSA) is 87.3 Å². The van der Waals surface area contributed by atoms with Gasteiger partial charge >= 0.3 is 6.36 Å². The maximum Gasteiger partial charge on any atom is 0.573 e. The fraction of sp³-hybridized carbons (Fsp3) is 0.150. The number of rotatable bonds is 6. The van der Waals surface area contributed by atoms with E-state index in [1.165, 1.54) is 30.3 Å². The van der Waals surface area contributed by atoms with Crippen LogP contribution in [-0.2, 0) is 4.79 Å². The van der Waals surface area contributed by atoms with Gasteiger partial charge in [0.25, 0.3) is 5.91 Å². The number of aromatic nitrogens is 2. The maximum absolute atomic E-state index is 12.8. The Morgan fingerprint density at radius 2 is 1.77 bits per heavy atom. The number of aromatic amines is 1. The number of benzene rings is 2. The SMILES string of the molecule is CN(CC(=O)Nc1ccc(OC(F)(F)F)cc1)C(=O)c1cn[nH]c1-c1ccc(Cl)cc1. The number of hydrogen-bond donors (Lipinski definition) is 2. The van der Waals surface area contributed by atoms with Gasteiger partial charge in [-0.05, 0) is 36.4 Å². The molecule has 1 aromatic heterocycles. The smallest absolute Gasteiger partial charge is 0.406 e. The van der Waals surface area contributed by atoms with Crippen LogP contribution >= 0.6 is 11.6 Å². The van der Waals surface area contributed by atoms with E-state index in [2.05, 4.69) is 20.3 Å². The Kier molecular flexibility index (Phi) is 6.50. The molecule has 0 aliphatic carbocycles. The fourth-order valence-corrected chi connectivity index (χ4v) is 2.84. The van der Waals surface area contributed by atoms with Crippen LogP contribution < -0.4 is 10.1 Å². The van der Waals surface area contributed by atoms with Gasteiger partial charge in [-0.3, -0.25) is 14.7 Å². The third kappa shape index (κ3) is 5.98. The van der Waals surface area contributed by atoms with Crippen molar-refractivity contribution in [1.29, 1.82) is 0 Å². The summed E-state index contributed by atoms with van der Waals surface area (Å²) < 4.78 is 40.4. The highest BCUT2D eigenvalue weighted by atomic mass is 35.5. The van der Waals surface area contributed by atoms with E-state index < -0.39 is 23.9 Å². The number of anilines is 1. The number of amides is 2. The molecule has 2 amide bonds. The second-order valence-corrected chi connectivity index (χ2v) is 6.88. The lowest BCUT2D eigenvalue weighted by Gasteiger charge is -2.17. The van der Waals surface area contributed by atoms with Crippen LogP contribution in [0.15, 0.2) is 54.7 Å². The molecule has 0 bridgehead atoms. The summed E-state index contributed by atoms with van der Waals surface area (Å²) in [4.78, 5) is 26.2. The van der Waals surface area contributed by atoms with E-state index in [0.717, 1.165) is 12.1 Å². The molecule has 0 aliphatic heterocycles. The minimum atomic E-state index is -4.80. The highest BCUT2D eigenvalue weighted by Gasteiger charge is 2.31. The minimum absolute atomic E-state index is 0.255. The summed E-state index contributed by atoms with van der Waals surface area (Å²) in [5.74, 6) is -1.38. The second-order valence-electron chi connectivity index (χ2n) is 6.45. The number of hydrogen-bond acceptors (Lipinski definition) is 4. The lowest BCUT2D eigenvalue weighted by Crippen LogP contribution is -2.35. The Labute approximate surface area is 179 Å². The number of ether oxygens (including phenoxy) is 1. The second kappa shape index (κ2) is 9.09. The molecule has 7 nitrogen and oxygen atoms in total. The van der Waals surface area contributed by atoms with Gasteiger partial charge in [0.1, 0.15) is 5.75 Å². The van der Waals surface area contributed by atoms with Gasteiger partial charge in [-0.15, -0.1) is 13.2 Å². The normalized spacial score (nSPS) is 11.1. The zero-order valence-electron chi connectivity index (χ0n) is 16.0. The van der Waals surface area contributed by atoms with Crippen molar-refractivity contribution in [2.45, 2.75) is 6.36 Å². The molecule has 1 heterocycles. The Morgan fingerprint density at radius 3 is 2.39 bits per heavy atom. The van der Waals surface area contributed by atoms with Gasteiger partial charge in [0.05, 0.1) is 24.0 Å². The summed E-state index contributed by atoms with van der Waals surface area (Å²) in [5.41, 5.74) is 1.70. The summed E-state index contributed by atoms with van der Waals surface area (Å²) >= 11 is 5.88. The molecular weight excluding hydrogens is 437 g/mol. The number of carbonyl (C=O) groups excluding carboxylic acids is 2. The average molecular weight is 453 g/mol. The molecule has 0 aliphatic rings. The summed E-state index contributed by atoms with van der Waals surface area (Å²) in [7, 11) is 1.45. The number of nitrogens with one attached hydrogen (secondary N) is 2. The monoisotopic (exact) mass is 452 g/mol. The van der Waals surface area contributed by atoms with Gasteiger partial charge in [0, 0.05) is 23.3 Å². The maximum atomic E-state index is 12.8. The third-order valence-corrected chi connectivity index (χ3v) is 4.35. The third-order valence-electron chi connectivity index (χ3n) is 4.10. The lowest BCUT2D eigenvalue weighted by molar-refractivity contribution is -0.274. The van der Waals surface area contributed by atoms with Gasteiger partial charge in [-0.25, -0.2) is 0 Å². The molecule has 3 rings (SSSR count). The first-order valence-electron chi connectivity index (χ1n) is 8.83. The van der Waals surface area contributed by atoms with Crippen LogP contribution in [-0.4, -0.2) is 46.9 Å². The molecule has 3 aromatic rings. The molecule has 0 saturated heterocycles. The first-order chi connectivity index (χ1) is 14.6. The van der Waals surface area contributed by atoms with Crippen molar-refractivity contribution < 1.29 is 27.5 Å². The Morgan fingerprint density at radius 1 is 1.13 bits per heavy atom. The lowest BCUT2D eigenvalue weighted by atomic mass is 10.1. The summed E-state index contributed by atoms with van der Waals surface area (Å²) in [6.07, 6.45) is -3.44. The predicted octanol–water partition coefficient (Wildman–Crippen LogP) is 4.34. The molecule has 31 heavy (non-hydrogen) atoms. The van der Waals surface area contributed by atoms with E-state index in [1.807, 2.05) is 0 Å². The molecule has 2 aromatic carbocycles. The van der Waals surface area contributed by atoms with Crippen molar-refractivity contribution in [2.24, 2.45) is 0 Å². The number of H-pyrrole nitrogens is 1. The van der Waals surface area contributed by atoms with Crippen LogP contribution in [0.2, 0.25) is 5.02 Å². The zero-order chi connectivity index (χ0) is 22.6. The molecule has 0 spiro atoms. The highest BCUT2D eigenvalue weighted by Crippen LogP contribution is 2.25. The average Bonchev–Trinajstić information content (AvgIpc) is 3.18. The zero-order valence-corrected chi connectivity index (χ0v) is 16.8. The van der Waals surface area contributed by atoms with E-state index in [4.69, 9.17) is 11.6 Å². The summed E-state index contributed by atoms with van der Waals surface area (Å²) in [6.45, 7) is -0.287. The molecule has 0 atom stereocenters. The number of carbonyl (C=O) groups is 2. The Hall–Kier alpha value is -3.53. The summed E-state index contributed by atoms with van der Waals surface area (Å²) in [5, 5.41) is 9.72. The van der Waals surface area contributed by atoms with Crippen LogP contribution in [0.1, 0.15) is 10.4 Å². The van der Waals surface area contributed by atoms with Crippen molar-refractivity contribution in [3.8, 4) is 17.0 Å². The van der Waals surface area contributed by atoms with Crippen molar-refractivity contribution >= 4 is 29.1 Å². The van der Waals surface area contributed by atoms with Crippen molar-refractivity contribution in [3.05, 3.63) is 65.3 Å². The van der Waals surface area contributed by atoms with Crippen molar-refractivity contribution in [1.82, 2.24) is 15.1 Å². The van der Waals surface area contributed by atoms with Gasteiger partial charge in [-0.1, -0.05) is 23.7 Å². The summed E-state index contributed by atoms with van der Waals surface area (Å²) in [6, 6.07) is 11.5. The van der Waals surface area contributed by atoms with E-state index in [-0.39, 0.29) is 17.8 Å². The number of halogens is 4. The van der Waals surface area contributed by atoms with Crippen LogP contribution in [0.3, 0.4) is 0 Å². The first-order valence-corrected chi connectivity index (χ1v) is 9.20. The van der Waals surface area contributed by atoms with Crippen LogP contribution in [0.25, 0.3) is 11.3 Å². The van der Waals surface area contributed by atoms with Gasteiger partial charge in [-0.2, -0.15) is 5.10 Å². The predicted molar refractivity (Wildman–Crippen MR) is 108 cm³/mol. The van der Waals surface area contributed by atoms with E-state index in [1.54, 1.807) is 24.3 Å². The largest absolute Gasteiger partial charge is 0.573 e. The minimum Gasteiger partial charge on any atom is -0.406 e. The van der Waals surface area contributed by atoms with Crippen LogP contribution in [0, 0.1) is 0 Å². The Balaban J connectivity index is 1.62.